The van der Waals surface area contributed by atoms with Gasteiger partial charge in [0.1, 0.15) is 5.82 Å². The molecule has 2 aromatic rings. The topological polar surface area (TPSA) is 78.5 Å². The average Bonchev–Trinajstić information content (AvgIpc) is 2.62. The zero-order valence-electron chi connectivity index (χ0n) is 14.2. The van der Waals surface area contributed by atoms with Crippen LogP contribution in [0.25, 0.3) is 5.70 Å². The number of halogens is 2. The summed E-state index contributed by atoms with van der Waals surface area (Å²) in [6.07, 6.45) is 4.90. The zero-order valence-corrected chi connectivity index (χ0v) is 15.0. The Kier molecular flexibility index (Phi) is 5.22. The Morgan fingerprint density at radius 3 is 2.81 bits per heavy atom. The van der Waals surface area contributed by atoms with Gasteiger partial charge >= 0.3 is 0 Å². The third-order valence-electron chi connectivity index (χ3n) is 4.04. The van der Waals surface area contributed by atoms with Crippen molar-refractivity contribution >= 4 is 23.5 Å². The highest BCUT2D eigenvalue weighted by Gasteiger charge is 2.34. The summed E-state index contributed by atoms with van der Waals surface area (Å²) >= 11 is 6.15. The fraction of sp³-hybridized carbons (Fsp3) is 0.222. The van der Waals surface area contributed by atoms with Crippen LogP contribution in [0.15, 0.2) is 52.4 Å². The third kappa shape index (κ3) is 3.70. The highest BCUT2D eigenvalue weighted by Crippen LogP contribution is 2.28. The van der Waals surface area contributed by atoms with Crippen molar-refractivity contribution < 1.29 is 9.13 Å². The lowest BCUT2D eigenvalue weighted by atomic mass is 10.1. The number of nitrogens with zero attached hydrogens (tertiary/aromatic N) is 1. The van der Waals surface area contributed by atoms with Crippen molar-refractivity contribution in [2.75, 3.05) is 7.11 Å². The van der Waals surface area contributed by atoms with E-state index in [-0.39, 0.29) is 5.56 Å². The van der Waals surface area contributed by atoms with Crippen molar-refractivity contribution in [1.29, 1.82) is 0 Å². The molecule has 0 aliphatic carbocycles. The highest BCUT2D eigenvalue weighted by atomic mass is 35.5. The minimum absolute atomic E-state index is 0.197. The number of nitrogens with one attached hydrogen (secondary N) is 3. The van der Waals surface area contributed by atoms with Gasteiger partial charge in [-0.3, -0.25) is 4.79 Å². The maximum Gasteiger partial charge on any atom is 0.300 e. The van der Waals surface area contributed by atoms with Crippen molar-refractivity contribution in [2.45, 2.75) is 18.9 Å². The second-order valence-electron chi connectivity index (χ2n) is 5.77. The summed E-state index contributed by atoms with van der Waals surface area (Å²) < 4.78 is 19.7. The SMILES string of the molecule is COC1(NC(C)c2c(F)cccc2Cl)N=CC=C(c2ccc(=O)[nH]c2)N1. The van der Waals surface area contributed by atoms with E-state index in [0.29, 0.717) is 16.3 Å². The smallest absolute Gasteiger partial charge is 0.300 e. The van der Waals surface area contributed by atoms with Crippen LogP contribution in [0.5, 0.6) is 0 Å². The molecule has 3 rings (SSSR count). The first-order chi connectivity index (χ1) is 12.4. The van der Waals surface area contributed by atoms with Gasteiger partial charge in [0.2, 0.25) is 5.56 Å². The highest BCUT2D eigenvalue weighted by molar-refractivity contribution is 6.31. The van der Waals surface area contributed by atoms with Gasteiger partial charge in [-0.1, -0.05) is 17.7 Å². The molecule has 2 atom stereocenters. The summed E-state index contributed by atoms with van der Waals surface area (Å²) in [5.74, 6) is -1.73. The van der Waals surface area contributed by atoms with Gasteiger partial charge in [-0.15, -0.1) is 0 Å². The van der Waals surface area contributed by atoms with Crippen LogP contribution >= 0.6 is 11.6 Å². The maximum atomic E-state index is 14.2. The number of hydrogen-bond donors (Lipinski definition) is 3. The van der Waals surface area contributed by atoms with Gasteiger partial charge in [0.25, 0.3) is 5.97 Å². The summed E-state index contributed by atoms with van der Waals surface area (Å²) in [4.78, 5) is 18.2. The fourth-order valence-corrected chi connectivity index (χ4v) is 3.07. The number of pyridine rings is 1. The van der Waals surface area contributed by atoms with E-state index in [9.17, 15) is 9.18 Å². The molecule has 0 fully saturated rings. The summed E-state index contributed by atoms with van der Waals surface area (Å²) in [6.45, 7) is 1.76. The molecule has 1 aromatic heterocycles. The van der Waals surface area contributed by atoms with Gasteiger partial charge in [-0.2, -0.15) is 0 Å². The van der Waals surface area contributed by atoms with E-state index in [2.05, 4.69) is 20.6 Å². The van der Waals surface area contributed by atoms with E-state index in [0.717, 1.165) is 5.56 Å². The molecule has 1 aliphatic rings. The van der Waals surface area contributed by atoms with E-state index >= 15 is 0 Å². The zero-order chi connectivity index (χ0) is 18.7. The Morgan fingerprint density at radius 1 is 1.35 bits per heavy atom. The molecule has 0 bridgehead atoms. The van der Waals surface area contributed by atoms with Crippen LogP contribution in [0.3, 0.4) is 0 Å². The first kappa shape index (κ1) is 18.3. The number of hydrogen-bond acceptors (Lipinski definition) is 5. The number of aliphatic imine (C=N–C) groups is 1. The molecule has 0 radical (unpaired) electrons. The van der Waals surface area contributed by atoms with Crippen molar-refractivity contribution in [1.82, 2.24) is 15.6 Å². The number of benzene rings is 1. The number of H-pyrrole nitrogens is 1. The van der Waals surface area contributed by atoms with Crippen LogP contribution in [0.2, 0.25) is 5.02 Å². The largest absolute Gasteiger partial charge is 0.328 e. The van der Waals surface area contributed by atoms with Gasteiger partial charge in [-0.25, -0.2) is 14.7 Å². The van der Waals surface area contributed by atoms with Crippen LogP contribution in [0.1, 0.15) is 24.1 Å². The Morgan fingerprint density at radius 2 is 2.15 bits per heavy atom. The van der Waals surface area contributed by atoms with E-state index < -0.39 is 17.8 Å². The minimum atomic E-state index is -1.31. The molecule has 136 valence electrons. The third-order valence-corrected chi connectivity index (χ3v) is 4.37. The summed E-state index contributed by atoms with van der Waals surface area (Å²) in [5, 5.41) is 6.57. The number of aromatic amines is 1. The molecule has 2 heterocycles. The summed E-state index contributed by atoms with van der Waals surface area (Å²) in [5.41, 5.74) is 1.55. The number of allylic oxidation sites excluding steroid dienone is 1. The molecule has 2 unspecified atom stereocenters. The van der Waals surface area contributed by atoms with Crippen molar-refractivity contribution in [2.24, 2.45) is 4.99 Å². The van der Waals surface area contributed by atoms with E-state index in [1.165, 1.54) is 19.2 Å². The molecule has 0 saturated heterocycles. The number of rotatable bonds is 5. The standard InChI is InChI=1S/C18H18ClFN4O2/c1-11(17-13(19)4-3-5-14(17)20)23-18(26-2)22-9-8-15(24-18)12-6-7-16(25)21-10-12/h3-11,23-24H,1-2H3,(H,21,25). The summed E-state index contributed by atoms with van der Waals surface area (Å²) in [6, 6.07) is 7.13. The monoisotopic (exact) mass is 376 g/mol. The molecule has 26 heavy (non-hydrogen) atoms. The molecule has 0 amide bonds. The molecular formula is C18H18ClFN4O2. The first-order valence-electron chi connectivity index (χ1n) is 7.94. The fourth-order valence-electron chi connectivity index (χ4n) is 2.75. The lowest BCUT2D eigenvalue weighted by Crippen LogP contribution is -2.58. The second kappa shape index (κ2) is 7.41. The molecule has 6 nitrogen and oxygen atoms in total. The van der Waals surface area contributed by atoms with E-state index in [1.807, 2.05) is 0 Å². The predicted octanol–water partition coefficient (Wildman–Crippen LogP) is 2.79. The van der Waals surface area contributed by atoms with Crippen LogP contribution in [0.4, 0.5) is 4.39 Å². The van der Waals surface area contributed by atoms with E-state index in [4.69, 9.17) is 16.3 Å². The summed E-state index contributed by atoms with van der Waals surface area (Å²) in [7, 11) is 1.48. The predicted molar refractivity (Wildman–Crippen MR) is 99.4 cm³/mol. The number of methoxy groups -OCH3 is 1. The molecule has 8 heteroatoms. The van der Waals surface area contributed by atoms with Crippen LogP contribution in [-0.2, 0) is 4.74 Å². The Hall–Kier alpha value is -2.48. The van der Waals surface area contributed by atoms with Crippen molar-refractivity contribution in [3.63, 3.8) is 0 Å². The number of aromatic nitrogens is 1. The van der Waals surface area contributed by atoms with Gasteiger partial charge in [0.15, 0.2) is 0 Å². The van der Waals surface area contributed by atoms with Gasteiger partial charge in [-0.05, 0) is 31.2 Å². The minimum Gasteiger partial charge on any atom is -0.328 e. The van der Waals surface area contributed by atoms with Crippen molar-refractivity contribution in [3.05, 3.63) is 74.9 Å². The van der Waals surface area contributed by atoms with Crippen LogP contribution < -0.4 is 16.2 Å². The molecule has 3 N–H and O–H groups in total. The van der Waals surface area contributed by atoms with Crippen LogP contribution in [0, 0.1) is 5.82 Å². The maximum absolute atomic E-state index is 14.2. The lowest BCUT2D eigenvalue weighted by Gasteiger charge is -2.36. The van der Waals surface area contributed by atoms with Crippen molar-refractivity contribution in [3.8, 4) is 0 Å². The Labute approximate surface area is 154 Å². The molecule has 0 saturated carbocycles. The quantitative estimate of drug-likeness (QED) is 0.701. The van der Waals surface area contributed by atoms with Crippen LogP contribution in [-0.4, -0.2) is 24.3 Å². The first-order valence-corrected chi connectivity index (χ1v) is 8.31. The molecule has 1 aromatic carbocycles. The molecule has 1 aliphatic heterocycles. The lowest BCUT2D eigenvalue weighted by molar-refractivity contribution is -0.0554. The van der Waals surface area contributed by atoms with E-state index in [1.54, 1.807) is 43.6 Å². The van der Waals surface area contributed by atoms with Gasteiger partial charge in [0, 0.05) is 53.5 Å². The van der Waals surface area contributed by atoms with Gasteiger partial charge < -0.3 is 15.0 Å². The second-order valence-corrected chi connectivity index (χ2v) is 6.18. The molecule has 0 spiro atoms. The number of ether oxygens (including phenoxy) is 1. The van der Waals surface area contributed by atoms with Gasteiger partial charge in [0.05, 0.1) is 0 Å². The average molecular weight is 377 g/mol. The Balaban J connectivity index is 1.86. The molecular weight excluding hydrogens is 359 g/mol. The normalized spacial score (nSPS) is 20.4. The Bertz CT molecular complexity index is 887.